The normalized spacial score (nSPS) is 19.2. The lowest BCUT2D eigenvalue weighted by Gasteiger charge is -2.25. The maximum Gasteiger partial charge on any atom is 0.407 e. The van der Waals surface area contributed by atoms with E-state index in [0.717, 1.165) is 72.2 Å². The molecule has 194 valence electrons. The van der Waals surface area contributed by atoms with Gasteiger partial charge in [0.25, 0.3) is 0 Å². The first-order chi connectivity index (χ1) is 16.8. The molecule has 0 radical (unpaired) electrons. The third-order valence-electron chi connectivity index (χ3n) is 6.44. The van der Waals surface area contributed by atoms with Crippen LogP contribution in [-0.4, -0.2) is 24.6 Å². The van der Waals surface area contributed by atoms with Crippen LogP contribution in [0.3, 0.4) is 0 Å². The summed E-state index contributed by atoms with van der Waals surface area (Å²) in [6.07, 6.45) is 8.35. The number of ether oxygens (including phenoxy) is 1. The molecule has 0 saturated heterocycles. The second-order valence-corrected chi connectivity index (χ2v) is 9.33. The average Bonchev–Trinajstić information content (AvgIpc) is 2.82. The lowest BCUT2D eigenvalue weighted by atomic mass is 9.86. The summed E-state index contributed by atoms with van der Waals surface area (Å²) in [5.74, 6) is 0.101. The quantitative estimate of drug-likeness (QED) is 0.338. The Morgan fingerprint density at radius 1 is 0.971 bits per heavy atom. The van der Waals surface area contributed by atoms with Gasteiger partial charge in [-0.3, -0.25) is 4.79 Å². The lowest BCUT2D eigenvalue weighted by Crippen LogP contribution is -2.29. The Bertz CT molecular complexity index is 886. The van der Waals surface area contributed by atoms with Crippen molar-refractivity contribution in [2.75, 3.05) is 6.54 Å². The topological polar surface area (TPSA) is 119 Å². The Morgan fingerprint density at radius 3 is 2.37 bits per heavy atom. The van der Waals surface area contributed by atoms with Crippen LogP contribution in [-0.2, 0) is 16.1 Å². The van der Waals surface area contributed by atoms with Gasteiger partial charge in [-0.05, 0) is 74.6 Å². The van der Waals surface area contributed by atoms with Crippen LogP contribution in [0.4, 0.5) is 4.79 Å². The smallest absolute Gasteiger partial charge is 0.407 e. The summed E-state index contributed by atoms with van der Waals surface area (Å²) >= 11 is 0. The van der Waals surface area contributed by atoms with E-state index in [4.69, 9.17) is 16.2 Å². The molecule has 0 bridgehead atoms. The van der Waals surface area contributed by atoms with E-state index in [1.807, 2.05) is 38.1 Å². The molecule has 7 nitrogen and oxygen atoms in total. The van der Waals surface area contributed by atoms with Crippen molar-refractivity contribution in [3.05, 3.63) is 52.2 Å². The van der Waals surface area contributed by atoms with Gasteiger partial charge in [-0.15, -0.1) is 0 Å². The van der Waals surface area contributed by atoms with Crippen LogP contribution >= 0.6 is 0 Å². The van der Waals surface area contributed by atoms with E-state index >= 15 is 0 Å². The van der Waals surface area contributed by atoms with Crippen molar-refractivity contribution in [1.29, 1.82) is 0 Å². The number of nitrogens with one attached hydrogen (secondary N) is 2. The lowest BCUT2D eigenvalue weighted by molar-refractivity contribution is -0.121. The molecule has 0 aliphatic heterocycles. The minimum atomic E-state index is -0.365. The molecule has 1 aromatic rings. The van der Waals surface area contributed by atoms with Gasteiger partial charge in [-0.25, -0.2) is 4.79 Å². The number of amides is 2. The highest BCUT2D eigenvalue weighted by Crippen LogP contribution is 2.33. The first kappa shape index (κ1) is 28.3. The Morgan fingerprint density at radius 2 is 1.71 bits per heavy atom. The highest BCUT2D eigenvalue weighted by atomic mass is 16.6. The number of nitrogens with two attached hydrogens (primary N) is 2. The van der Waals surface area contributed by atoms with Gasteiger partial charge in [0, 0.05) is 30.9 Å². The predicted molar refractivity (Wildman–Crippen MR) is 142 cm³/mol. The highest BCUT2D eigenvalue weighted by Gasteiger charge is 2.22. The van der Waals surface area contributed by atoms with E-state index < -0.39 is 0 Å². The van der Waals surface area contributed by atoms with Gasteiger partial charge in [0.2, 0.25) is 5.91 Å². The van der Waals surface area contributed by atoms with E-state index in [9.17, 15) is 9.59 Å². The maximum atomic E-state index is 12.0. The zero-order chi connectivity index (χ0) is 25.6. The summed E-state index contributed by atoms with van der Waals surface area (Å²) in [6, 6.07) is 8.04. The Balaban J connectivity index is 2.03. The summed E-state index contributed by atoms with van der Waals surface area (Å²) < 4.78 is 5.57. The fourth-order valence-electron chi connectivity index (χ4n) is 4.42. The van der Waals surface area contributed by atoms with Crippen LogP contribution in [0.2, 0.25) is 0 Å². The molecule has 1 aliphatic carbocycles. The fraction of sp³-hybridized carbons (Fsp3) is 0.571. The molecule has 1 atom stereocenters. The van der Waals surface area contributed by atoms with E-state index in [2.05, 4.69) is 17.6 Å². The van der Waals surface area contributed by atoms with E-state index in [-0.39, 0.29) is 18.1 Å². The number of carbonyl (C=O) groups is 2. The molecule has 0 aromatic heterocycles. The predicted octanol–water partition coefficient (Wildman–Crippen LogP) is 5.25. The fourth-order valence-corrected chi connectivity index (χ4v) is 4.42. The van der Waals surface area contributed by atoms with E-state index in [0.29, 0.717) is 25.9 Å². The third-order valence-corrected chi connectivity index (χ3v) is 6.44. The van der Waals surface area contributed by atoms with Gasteiger partial charge in [0.15, 0.2) is 0 Å². The van der Waals surface area contributed by atoms with Gasteiger partial charge in [-0.2, -0.15) is 0 Å². The molecule has 7 heteroatoms. The number of carbonyl (C=O) groups excluding carboxylic acids is 2. The summed E-state index contributed by atoms with van der Waals surface area (Å²) in [5, 5.41) is 5.70. The second kappa shape index (κ2) is 15.1. The van der Waals surface area contributed by atoms with Gasteiger partial charge in [-0.1, -0.05) is 50.5 Å². The maximum absolute atomic E-state index is 12.0. The summed E-state index contributed by atoms with van der Waals surface area (Å²) in [4.78, 5) is 23.9. The molecule has 1 fully saturated rings. The first-order valence-corrected chi connectivity index (χ1v) is 13.1. The van der Waals surface area contributed by atoms with Crippen molar-refractivity contribution in [2.24, 2.45) is 11.5 Å². The molecule has 35 heavy (non-hydrogen) atoms. The number of rotatable bonds is 10. The van der Waals surface area contributed by atoms with Crippen molar-refractivity contribution in [2.45, 2.75) is 97.6 Å². The minimum absolute atomic E-state index is 0.101. The van der Waals surface area contributed by atoms with Crippen LogP contribution in [0.1, 0.15) is 96.1 Å². The molecule has 1 unspecified atom stereocenters. The number of unbranched alkanes of at least 4 members (excludes halogenated alkanes) is 3. The summed E-state index contributed by atoms with van der Waals surface area (Å²) in [7, 11) is 0. The van der Waals surface area contributed by atoms with Crippen LogP contribution in [0.15, 0.2) is 41.1 Å². The van der Waals surface area contributed by atoms with Gasteiger partial charge < -0.3 is 26.8 Å². The third kappa shape index (κ3) is 9.67. The van der Waals surface area contributed by atoms with Gasteiger partial charge in [0.1, 0.15) is 6.10 Å². The van der Waals surface area contributed by atoms with Crippen molar-refractivity contribution in [3.8, 4) is 0 Å². The molecule has 1 aromatic carbocycles. The minimum Gasteiger partial charge on any atom is -0.446 e. The number of allylic oxidation sites excluding steroid dienone is 3. The molecule has 2 rings (SSSR count). The summed E-state index contributed by atoms with van der Waals surface area (Å²) in [6.45, 7) is 7.00. The largest absolute Gasteiger partial charge is 0.446 e. The Hall–Kier alpha value is -2.96. The van der Waals surface area contributed by atoms with Crippen molar-refractivity contribution >= 4 is 17.7 Å². The highest BCUT2D eigenvalue weighted by molar-refractivity contribution is 5.76. The number of hydrogen-bond donors (Lipinski definition) is 4. The van der Waals surface area contributed by atoms with Crippen molar-refractivity contribution in [3.63, 3.8) is 0 Å². The van der Waals surface area contributed by atoms with E-state index in [1.54, 1.807) is 0 Å². The Labute approximate surface area is 210 Å². The zero-order valence-electron chi connectivity index (χ0n) is 21.8. The molecule has 0 heterocycles. The summed E-state index contributed by atoms with van der Waals surface area (Å²) in [5.41, 5.74) is 18.5. The van der Waals surface area contributed by atoms with Crippen molar-refractivity contribution < 1.29 is 14.3 Å². The Kier molecular flexibility index (Phi) is 12.2. The van der Waals surface area contributed by atoms with Gasteiger partial charge in [0.05, 0.1) is 0 Å². The van der Waals surface area contributed by atoms with Crippen molar-refractivity contribution in [1.82, 2.24) is 10.6 Å². The van der Waals surface area contributed by atoms with Crippen LogP contribution < -0.4 is 22.1 Å². The number of alkyl carbamates (subject to hydrolysis) is 1. The zero-order valence-corrected chi connectivity index (χ0v) is 21.8. The standard InChI is InChI=1S/C28H44N4O3/c1-4-6-7-8-12-26(33)32-19-21-13-15-22(16-14-21)27(30)25-11-9-10-23(35-28(34)31-5-2)17-18-24(25)20(3)29/h13-16,23H,4-12,17-19,29-30H2,1-3H3,(H,31,34)(H,32,33)/b24-20-,27-25-. The number of hydrogen-bond acceptors (Lipinski definition) is 5. The molecule has 2 amide bonds. The molecular formula is C28H44N4O3. The first-order valence-electron chi connectivity index (χ1n) is 13.1. The van der Waals surface area contributed by atoms with Gasteiger partial charge >= 0.3 is 6.09 Å². The monoisotopic (exact) mass is 484 g/mol. The second-order valence-electron chi connectivity index (χ2n) is 9.33. The number of benzene rings is 1. The van der Waals surface area contributed by atoms with E-state index in [1.165, 1.54) is 12.8 Å². The van der Waals surface area contributed by atoms with Crippen LogP contribution in [0.5, 0.6) is 0 Å². The SMILES string of the molecule is CCCCCCC(=O)NCc1ccc(/C(N)=C2\CCCC(OC(=O)NCC)CC\C2=C(/C)N)cc1. The molecule has 1 saturated carbocycles. The molecule has 1 aliphatic rings. The molecule has 6 N–H and O–H groups in total. The van der Waals surface area contributed by atoms with Crippen LogP contribution in [0.25, 0.3) is 5.70 Å². The van der Waals surface area contributed by atoms with Crippen LogP contribution in [0, 0.1) is 0 Å². The molecule has 0 spiro atoms. The average molecular weight is 485 g/mol. The molecular weight excluding hydrogens is 440 g/mol.